The second-order valence-corrected chi connectivity index (χ2v) is 9.66. The van der Waals surface area contributed by atoms with Gasteiger partial charge in [-0.25, -0.2) is 8.42 Å². The second-order valence-electron chi connectivity index (χ2n) is 5.83. The molecular formula is C17H16ClN3O3S2. The molecule has 9 heteroatoms. The minimum absolute atomic E-state index is 0.125. The number of benzene rings is 1. The van der Waals surface area contributed by atoms with Crippen molar-refractivity contribution in [2.45, 2.75) is 29.5 Å². The summed E-state index contributed by atoms with van der Waals surface area (Å²) >= 11 is 6.84. The zero-order valence-corrected chi connectivity index (χ0v) is 16.1. The molecule has 1 amide bonds. The Morgan fingerprint density at radius 1 is 1.27 bits per heavy atom. The molecule has 2 heterocycles. The number of piperidine rings is 1. The normalized spacial score (nSPS) is 18.2. The first-order valence-corrected chi connectivity index (χ1v) is 10.6. The van der Waals surface area contributed by atoms with Gasteiger partial charge in [0.15, 0.2) is 0 Å². The van der Waals surface area contributed by atoms with Crippen molar-refractivity contribution in [1.29, 1.82) is 5.26 Å². The fourth-order valence-corrected chi connectivity index (χ4v) is 6.18. The molecular weight excluding hydrogens is 394 g/mol. The zero-order valence-electron chi connectivity index (χ0n) is 13.7. The molecule has 2 aromatic rings. The fourth-order valence-electron chi connectivity index (χ4n) is 2.91. The molecule has 1 fully saturated rings. The molecule has 136 valence electrons. The van der Waals surface area contributed by atoms with Crippen LogP contribution in [-0.4, -0.2) is 31.2 Å². The highest BCUT2D eigenvalue weighted by Crippen LogP contribution is 2.32. The van der Waals surface area contributed by atoms with Gasteiger partial charge in [0, 0.05) is 6.54 Å². The number of nitrogens with one attached hydrogen (secondary N) is 1. The van der Waals surface area contributed by atoms with Gasteiger partial charge in [0.25, 0.3) is 10.0 Å². The van der Waals surface area contributed by atoms with Gasteiger partial charge in [-0.3, -0.25) is 4.79 Å². The first kappa shape index (κ1) is 18.9. The van der Waals surface area contributed by atoms with Crippen molar-refractivity contribution >= 4 is 44.6 Å². The van der Waals surface area contributed by atoms with Crippen LogP contribution >= 0.6 is 22.9 Å². The van der Waals surface area contributed by atoms with Crippen molar-refractivity contribution in [1.82, 2.24) is 4.31 Å². The van der Waals surface area contributed by atoms with Crippen molar-refractivity contribution in [3.05, 3.63) is 46.3 Å². The smallest absolute Gasteiger partial charge is 0.253 e. The number of para-hydroxylation sites is 1. The average Bonchev–Trinajstić information content (AvgIpc) is 3.09. The predicted octanol–water partition coefficient (Wildman–Crippen LogP) is 3.46. The Balaban J connectivity index is 1.87. The van der Waals surface area contributed by atoms with Crippen LogP contribution in [0.3, 0.4) is 0 Å². The maximum Gasteiger partial charge on any atom is 0.253 e. The van der Waals surface area contributed by atoms with E-state index in [-0.39, 0.29) is 10.8 Å². The Labute approximate surface area is 161 Å². The van der Waals surface area contributed by atoms with Crippen LogP contribution in [0.1, 0.15) is 24.8 Å². The third kappa shape index (κ3) is 3.76. The molecule has 1 N–H and O–H groups in total. The number of nitrogens with zero attached hydrogens (tertiary/aromatic N) is 2. The van der Waals surface area contributed by atoms with Crippen LogP contribution < -0.4 is 5.32 Å². The number of sulfonamides is 1. The van der Waals surface area contributed by atoms with Crippen LogP contribution in [-0.2, 0) is 14.8 Å². The minimum atomic E-state index is -3.80. The molecule has 3 rings (SSSR count). The lowest BCUT2D eigenvalue weighted by molar-refractivity contribution is -0.120. The van der Waals surface area contributed by atoms with Crippen molar-refractivity contribution in [3.63, 3.8) is 0 Å². The first-order chi connectivity index (χ1) is 12.4. The number of rotatable bonds is 4. The highest BCUT2D eigenvalue weighted by molar-refractivity contribution is 7.91. The van der Waals surface area contributed by atoms with E-state index in [1.54, 1.807) is 24.3 Å². The van der Waals surface area contributed by atoms with Crippen molar-refractivity contribution in [2.75, 3.05) is 11.9 Å². The topological polar surface area (TPSA) is 90.3 Å². The van der Waals surface area contributed by atoms with Gasteiger partial charge < -0.3 is 5.32 Å². The molecule has 1 aromatic heterocycles. The van der Waals surface area contributed by atoms with Gasteiger partial charge in [-0.1, -0.05) is 30.2 Å². The van der Waals surface area contributed by atoms with Crippen LogP contribution in [0.25, 0.3) is 0 Å². The summed E-state index contributed by atoms with van der Waals surface area (Å²) in [7, 11) is -3.80. The van der Waals surface area contributed by atoms with E-state index in [0.29, 0.717) is 28.4 Å². The number of nitriles is 1. The quantitative estimate of drug-likeness (QED) is 0.837. The largest absolute Gasteiger partial charge is 0.323 e. The number of hydrogen-bond acceptors (Lipinski definition) is 5. The molecule has 0 spiro atoms. The highest BCUT2D eigenvalue weighted by atomic mass is 35.5. The molecule has 0 radical (unpaired) electrons. The van der Waals surface area contributed by atoms with E-state index in [1.807, 2.05) is 6.07 Å². The van der Waals surface area contributed by atoms with Gasteiger partial charge in [-0.15, -0.1) is 11.3 Å². The lowest BCUT2D eigenvalue weighted by atomic mass is 10.0. The molecule has 0 saturated carbocycles. The molecule has 0 unspecified atom stereocenters. The Morgan fingerprint density at radius 3 is 2.73 bits per heavy atom. The summed E-state index contributed by atoms with van der Waals surface area (Å²) in [4.78, 5) is 12.8. The van der Waals surface area contributed by atoms with E-state index >= 15 is 0 Å². The van der Waals surface area contributed by atoms with Crippen LogP contribution in [0.15, 0.2) is 40.6 Å². The van der Waals surface area contributed by atoms with Crippen LogP contribution in [0.2, 0.25) is 4.34 Å². The molecule has 1 saturated heterocycles. The lowest BCUT2D eigenvalue weighted by Gasteiger charge is -2.33. The third-order valence-corrected chi connectivity index (χ3v) is 7.78. The summed E-state index contributed by atoms with van der Waals surface area (Å²) in [6.07, 6.45) is 1.88. The molecule has 6 nitrogen and oxygen atoms in total. The number of amides is 1. The van der Waals surface area contributed by atoms with Crippen LogP contribution in [0, 0.1) is 11.3 Å². The Kier molecular flexibility index (Phi) is 5.63. The van der Waals surface area contributed by atoms with Crippen molar-refractivity contribution in [3.8, 4) is 6.07 Å². The number of anilines is 1. The number of hydrogen-bond donors (Lipinski definition) is 1. The summed E-state index contributed by atoms with van der Waals surface area (Å²) in [5.41, 5.74) is 0.707. The van der Waals surface area contributed by atoms with Gasteiger partial charge in [-0.2, -0.15) is 9.57 Å². The average molecular weight is 410 g/mol. The molecule has 26 heavy (non-hydrogen) atoms. The summed E-state index contributed by atoms with van der Waals surface area (Å²) in [6, 6.07) is 10.8. The summed E-state index contributed by atoms with van der Waals surface area (Å²) in [6.45, 7) is 0.274. The third-order valence-electron chi connectivity index (χ3n) is 4.17. The van der Waals surface area contributed by atoms with E-state index in [2.05, 4.69) is 5.32 Å². The monoisotopic (exact) mass is 409 g/mol. The first-order valence-electron chi connectivity index (χ1n) is 8.00. The number of carbonyl (C=O) groups is 1. The van der Waals surface area contributed by atoms with Gasteiger partial charge >= 0.3 is 0 Å². The van der Waals surface area contributed by atoms with Gasteiger partial charge in [-0.05, 0) is 37.1 Å². The Hall–Kier alpha value is -1.92. The van der Waals surface area contributed by atoms with Gasteiger partial charge in [0.2, 0.25) is 5.91 Å². The second kappa shape index (κ2) is 7.76. The maximum absolute atomic E-state index is 12.9. The number of thiophene rings is 1. The van der Waals surface area contributed by atoms with E-state index in [9.17, 15) is 13.2 Å². The van der Waals surface area contributed by atoms with Gasteiger partial charge in [0.1, 0.15) is 16.3 Å². The molecule has 0 aliphatic carbocycles. The van der Waals surface area contributed by atoms with E-state index in [0.717, 1.165) is 17.8 Å². The zero-order chi connectivity index (χ0) is 18.7. The Bertz CT molecular complexity index is 966. The van der Waals surface area contributed by atoms with Crippen molar-refractivity contribution in [2.24, 2.45) is 0 Å². The molecule has 1 aliphatic rings. The summed E-state index contributed by atoms with van der Waals surface area (Å²) < 4.78 is 27.6. The SMILES string of the molecule is N#Cc1ccccc1NC(=O)[C@H]1CCCCN1S(=O)(=O)c1ccc(Cl)s1. The number of carbonyl (C=O) groups excluding carboxylic acids is 1. The molecule has 1 aliphatic heterocycles. The molecule has 1 atom stereocenters. The van der Waals surface area contributed by atoms with Crippen LogP contribution in [0.5, 0.6) is 0 Å². The summed E-state index contributed by atoms with van der Waals surface area (Å²) in [5.74, 6) is -0.432. The van der Waals surface area contributed by atoms with Crippen molar-refractivity contribution < 1.29 is 13.2 Å². The van der Waals surface area contributed by atoms with E-state index < -0.39 is 22.0 Å². The van der Waals surface area contributed by atoms with Crippen LogP contribution in [0.4, 0.5) is 5.69 Å². The van der Waals surface area contributed by atoms with E-state index in [4.69, 9.17) is 16.9 Å². The molecule has 0 bridgehead atoms. The predicted molar refractivity (Wildman–Crippen MR) is 101 cm³/mol. The standard InChI is InChI=1S/C17H16ClN3O3S2/c18-15-8-9-16(25-15)26(23,24)21-10-4-3-7-14(21)17(22)20-13-6-2-1-5-12(13)11-19/h1-2,5-6,8-9,14H,3-4,7,10H2,(H,20,22)/t14-/m1/s1. The summed E-state index contributed by atoms with van der Waals surface area (Å²) in [5, 5.41) is 11.9. The van der Waals surface area contributed by atoms with Gasteiger partial charge in [0.05, 0.1) is 15.6 Å². The van der Waals surface area contributed by atoms with E-state index in [1.165, 1.54) is 16.4 Å². The Morgan fingerprint density at radius 2 is 2.04 bits per heavy atom. The number of halogens is 1. The molecule has 1 aromatic carbocycles. The lowest BCUT2D eigenvalue weighted by Crippen LogP contribution is -2.49. The maximum atomic E-state index is 12.9. The minimum Gasteiger partial charge on any atom is -0.323 e. The highest BCUT2D eigenvalue weighted by Gasteiger charge is 2.38. The fraction of sp³-hybridized carbons (Fsp3) is 0.294.